The van der Waals surface area contributed by atoms with Crippen LogP contribution in [0.1, 0.15) is 27.3 Å². The van der Waals surface area contributed by atoms with E-state index in [0.717, 1.165) is 10.5 Å². The summed E-state index contributed by atoms with van der Waals surface area (Å²) in [6, 6.07) is 15.3. The maximum atomic E-state index is 12.9. The fraction of sp³-hybridized carbons (Fsp3) is 0.143. The van der Waals surface area contributed by atoms with Crippen LogP contribution in [-0.2, 0) is 5.75 Å². The summed E-state index contributed by atoms with van der Waals surface area (Å²) in [5.74, 6) is 0.634. The molecule has 11 nitrogen and oxygen atoms in total. The van der Waals surface area contributed by atoms with Gasteiger partial charge in [0.15, 0.2) is 5.69 Å². The molecule has 1 amide bonds. The van der Waals surface area contributed by atoms with Crippen molar-refractivity contribution in [2.45, 2.75) is 17.6 Å². The highest BCUT2D eigenvalue weighted by Gasteiger charge is 2.24. The van der Waals surface area contributed by atoms with Gasteiger partial charge >= 0.3 is 0 Å². The highest BCUT2D eigenvalue weighted by Crippen LogP contribution is 2.26. The van der Waals surface area contributed by atoms with E-state index >= 15 is 0 Å². The zero-order chi connectivity index (χ0) is 23.2. The SMILES string of the molecule is COc1ccccc1/C=N\NC(=O)c1nnn(-c2nonc2N)c1CSc1ccc(C)cc1. The van der Waals surface area contributed by atoms with E-state index in [-0.39, 0.29) is 17.3 Å². The molecule has 2 aromatic heterocycles. The summed E-state index contributed by atoms with van der Waals surface area (Å²) in [6.07, 6.45) is 1.49. The lowest BCUT2D eigenvalue weighted by atomic mass is 10.2. The molecular formula is C21H20N8O3S. The molecule has 4 aromatic rings. The number of ether oxygens (including phenoxy) is 1. The highest BCUT2D eigenvalue weighted by molar-refractivity contribution is 7.98. The van der Waals surface area contributed by atoms with Crippen LogP contribution in [0.3, 0.4) is 0 Å². The number of hydrogen-bond acceptors (Lipinski definition) is 10. The van der Waals surface area contributed by atoms with Crippen molar-refractivity contribution >= 4 is 29.7 Å². The smallest absolute Gasteiger partial charge is 0.293 e. The first-order valence-corrected chi connectivity index (χ1v) is 10.7. The lowest BCUT2D eigenvalue weighted by Gasteiger charge is -2.06. The average Bonchev–Trinajstić information content (AvgIpc) is 3.44. The van der Waals surface area contributed by atoms with Gasteiger partial charge in [0.25, 0.3) is 5.91 Å². The van der Waals surface area contributed by atoms with Crippen molar-refractivity contribution in [3.8, 4) is 11.6 Å². The van der Waals surface area contributed by atoms with Gasteiger partial charge in [-0.3, -0.25) is 4.79 Å². The molecule has 0 bridgehead atoms. The van der Waals surface area contributed by atoms with Gasteiger partial charge in [-0.25, -0.2) is 10.1 Å². The number of hydrazone groups is 1. The minimum atomic E-state index is -0.540. The number of rotatable bonds is 8. The van der Waals surface area contributed by atoms with E-state index in [1.165, 1.54) is 22.7 Å². The molecule has 0 aliphatic heterocycles. The van der Waals surface area contributed by atoms with E-state index in [1.807, 2.05) is 49.4 Å². The number of amides is 1. The second-order valence-corrected chi connectivity index (χ2v) is 7.86. The van der Waals surface area contributed by atoms with Crippen LogP contribution in [0, 0.1) is 6.92 Å². The third kappa shape index (κ3) is 5.01. The Hall–Kier alpha value is -4.19. The number of nitrogen functional groups attached to an aromatic ring is 1. The molecule has 12 heteroatoms. The maximum Gasteiger partial charge on any atom is 0.293 e. The van der Waals surface area contributed by atoms with E-state index < -0.39 is 5.91 Å². The number of thioether (sulfide) groups is 1. The number of para-hydroxylation sites is 1. The highest BCUT2D eigenvalue weighted by atomic mass is 32.2. The lowest BCUT2D eigenvalue weighted by Crippen LogP contribution is -2.20. The Kier molecular flexibility index (Phi) is 6.64. The van der Waals surface area contributed by atoms with Gasteiger partial charge < -0.3 is 10.5 Å². The summed E-state index contributed by atoms with van der Waals surface area (Å²) in [5, 5.41) is 19.4. The van der Waals surface area contributed by atoms with Gasteiger partial charge in [0.2, 0.25) is 11.6 Å². The number of nitrogens with one attached hydrogen (secondary N) is 1. The van der Waals surface area contributed by atoms with Crippen molar-refractivity contribution in [3.63, 3.8) is 0 Å². The van der Waals surface area contributed by atoms with Gasteiger partial charge in [0, 0.05) is 16.2 Å². The molecular weight excluding hydrogens is 444 g/mol. The Balaban J connectivity index is 1.58. The number of nitrogens with zero attached hydrogens (tertiary/aromatic N) is 6. The fourth-order valence-corrected chi connectivity index (χ4v) is 3.78. The molecule has 0 saturated heterocycles. The Labute approximate surface area is 193 Å². The molecule has 33 heavy (non-hydrogen) atoms. The largest absolute Gasteiger partial charge is 0.496 e. The van der Waals surface area contributed by atoms with Crippen LogP contribution in [0.5, 0.6) is 5.75 Å². The summed E-state index contributed by atoms with van der Waals surface area (Å²) in [7, 11) is 1.56. The van der Waals surface area contributed by atoms with Gasteiger partial charge in [-0.1, -0.05) is 35.0 Å². The van der Waals surface area contributed by atoms with E-state index in [4.69, 9.17) is 10.5 Å². The van der Waals surface area contributed by atoms with E-state index in [9.17, 15) is 4.79 Å². The topological polar surface area (TPSA) is 146 Å². The average molecular weight is 465 g/mol. The van der Waals surface area contributed by atoms with Gasteiger partial charge in [0.05, 0.1) is 19.0 Å². The summed E-state index contributed by atoms with van der Waals surface area (Å²) in [5.41, 5.74) is 10.7. The number of hydrogen-bond donors (Lipinski definition) is 2. The number of carbonyl (C=O) groups excluding carboxylic acids is 1. The molecule has 0 aliphatic carbocycles. The number of aromatic nitrogens is 5. The van der Waals surface area contributed by atoms with Crippen LogP contribution >= 0.6 is 11.8 Å². The molecule has 0 saturated carbocycles. The van der Waals surface area contributed by atoms with Crippen LogP contribution in [0.15, 0.2) is 63.2 Å². The second-order valence-electron chi connectivity index (χ2n) is 6.81. The van der Waals surface area contributed by atoms with E-state index in [1.54, 1.807) is 13.2 Å². The van der Waals surface area contributed by atoms with Gasteiger partial charge in [-0.15, -0.1) is 16.9 Å². The van der Waals surface area contributed by atoms with Crippen molar-refractivity contribution in [3.05, 3.63) is 71.0 Å². The first-order chi connectivity index (χ1) is 16.1. The normalized spacial score (nSPS) is 11.1. The molecule has 0 aliphatic rings. The molecule has 0 spiro atoms. The third-order valence-corrected chi connectivity index (χ3v) is 5.60. The van der Waals surface area contributed by atoms with Crippen molar-refractivity contribution in [2.24, 2.45) is 5.10 Å². The number of benzene rings is 2. The molecule has 0 atom stereocenters. The number of anilines is 1. The quantitative estimate of drug-likeness (QED) is 0.228. The predicted molar refractivity (Wildman–Crippen MR) is 122 cm³/mol. The van der Waals surface area contributed by atoms with E-state index in [0.29, 0.717) is 22.8 Å². The van der Waals surface area contributed by atoms with Crippen LogP contribution in [0.2, 0.25) is 0 Å². The Morgan fingerprint density at radius 3 is 2.76 bits per heavy atom. The number of methoxy groups -OCH3 is 1. The summed E-state index contributed by atoms with van der Waals surface area (Å²) >= 11 is 1.51. The van der Waals surface area contributed by atoms with Crippen LogP contribution in [-0.4, -0.2) is 44.5 Å². The first kappa shape index (κ1) is 22.0. The lowest BCUT2D eigenvalue weighted by molar-refractivity contribution is 0.0949. The van der Waals surface area contributed by atoms with Gasteiger partial charge in [-0.05, 0) is 41.5 Å². The Morgan fingerprint density at radius 1 is 1.24 bits per heavy atom. The molecule has 4 rings (SSSR count). The Bertz CT molecular complexity index is 1280. The van der Waals surface area contributed by atoms with Crippen molar-refractivity contribution in [1.29, 1.82) is 0 Å². The second kappa shape index (κ2) is 9.96. The molecule has 0 fully saturated rings. The summed E-state index contributed by atoms with van der Waals surface area (Å²) in [4.78, 5) is 13.9. The van der Waals surface area contributed by atoms with E-state index in [2.05, 4.69) is 35.8 Å². The minimum Gasteiger partial charge on any atom is -0.496 e. The fourth-order valence-electron chi connectivity index (χ4n) is 2.89. The molecule has 2 aromatic carbocycles. The van der Waals surface area contributed by atoms with Crippen molar-refractivity contribution in [2.75, 3.05) is 12.8 Å². The first-order valence-electron chi connectivity index (χ1n) is 9.75. The van der Waals surface area contributed by atoms with Crippen molar-refractivity contribution in [1.82, 2.24) is 30.7 Å². The molecule has 0 radical (unpaired) electrons. The van der Waals surface area contributed by atoms with Crippen LogP contribution < -0.4 is 15.9 Å². The van der Waals surface area contributed by atoms with Gasteiger partial charge in [0.1, 0.15) is 5.75 Å². The van der Waals surface area contributed by atoms with Crippen molar-refractivity contribution < 1.29 is 14.2 Å². The number of nitrogens with two attached hydrogens (primary N) is 1. The molecule has 168 valence electrons. The monoisotopic (exact) mass is 464 g/mol. The predicted octanol–water partition coefficient (Wildman–Crippen LogP) is 2.61. The van der Waals surface area contributed by atoms with Crippen LogP contribution in [0.4, 0.5) is 5.82 Å². The maximum absolute atomic E-state index is 12.9. The third-order valence-electron chi connectivity index (χ3n) is 4.58. The standard InChI is InChI=1S/C21H20N8O3S/c1-13-7-9-15(10-8-13)33-12-16-18(24-28-29(16)20-19(22)26-32-27-20)21(30)25-23-11-14-5-3-4-6-17(14)31-2/h3-11H,12H2,1-2H3,(H2,22,26)(H,25,30)/b23-11-. The summed E-state index contributed by atoms with van der Waals surface area (Å²) < 4.78 is 11.3. The van der Waals surface area contributed by atoms with Gasteiger partial charge in [-0.2, -0.15) is 9.78 Å². The number of aryl methyl sites for hydroxylation is 1. The number of carbonyl (C=O) groups is 1. The zero-order valence-corrected chi connectivity index (χ0v) is 18.6. The zero-order valence-electron chi connectivity index (χ0n) is 17.8. The Morgan fingerprint density at radius 2 is 2.03 bits per heavy atom. The molecule has 2 heterocycles. The summed E-state index contributed by atoms with van der Waals surface area (Å²) in [6.45, 7) is 2.02. The molecule has 3 N–H and O–H groups in total. The molecule has 0 unspecified atom stereocenters. The van der Waals surface area contributed by atoms with Crippen LogP contribution in [0.25, 0.3) is 5.82 Å². The minimum absolute atomic E-state index is 0.0302.